The molecule has 0 amide bonds. The standard InChI is InChI=1S/C17H13NS/c1-2-6-14(7-3-1)9-10-17-15(11-13-19-17)16-8-4-5-12-18-16/h1-13H. The molecule has 0 saturated heterocycles. The van der Waals surface area contributed by atoms with Crippen LogP contribution in [0.4, 0.5) is 0 Å². The molecule has 2 heteroatoms. The maximum atomic E-state index is 4.41. The summed E-state index contributed by atoms with van der Waals surface area (Å²) in [5, 5.41) is 2.11. The molecule has 2 aromatic heterocycles. The molecular formula is C17H13NS. The van der Waals surface area contributed by atoms with Crippen LogP contribution in [-0.2, 0) is 0 Å². The Bertz CT molecular complexity index is 669. The van der Waals surface area contributed by atoms with Gasteiger partial charge in [0.15, 0.2) is 0 Å². The van der Waals surface area contributed by atoms with E-state index in [4.69, 9.17) is 0 Å². The Morgan fingerprint density at radius 3 is 2.47 bits per heavy atom. The van der Waals surface area contributed by atoms with Crippen molar-refractivity contribution in [2.75, 3.05) is 0 Å². The average Bonchev–Trinajstić information content (AvgIpc) is 2.95. The molecule has 92 valence electrons. The molecule has 1 nitrogen and oxygen atoms in total. The van der Waals surface area contributed by atoms with Gasteiger partial charge in [0.1, 0.15) is 0 Å². The summed E-state index contributed by atoms with van der Waals surface area (Å²) in [5.41, 5.74) is 3.43. The van der Waals surface area contributed by atoms with Gasteiger partial charge in [-0.2, -0.15) is 0 Å². The first-order chi connectivity index (χ1) is 9.43. The van der Waals surface area contributed by atoms with E-state index < -0.39 is 0 Å². The zero-order valence-corrected chi connectivity index (χ0v) is 11.2. The second kappa shape index (κ2) is 5.63. The molecule has 0 aliphatic rings. The van der Waals surface area contributed by atoms with Crippen LogP contribution in [0.25, 0.3) is 23.4 Å². The molecular weight excluding hydrogens is 250 g/mol. The first kappa shape index (κ1) is 11.9. The van der Waals surface area contributed by atoms with Gasteiger partial charge in [-0.05, 0) is 35.2 Å². The SMILES string of the molecule is C(=Cc1sccc1-c1ccccn1)c1ccccc1. The van der Waals surface area contributed by atoms with Crippen LogP contribution < -0.4 is 0 Å². The van der Waals surface area contributed by atoms with Crippen LogP contribution in [0.3, 0.4) is 0 Å². The molecule has 0 atom stereocenters. The van der Waals surface area contributed by atoms with Gasteiger partial charge < -0.3 is 0 Å². The van der Waals surface area contributed by atoms with Crippen molar-refractivity contribution < 1.29 is 0 Å². The zero-order valence-electron chi connectivity index (χ0n) is 10.4. The highest BCUT2D eigenvalue weighted by atomic mass is 32.1. The number of benzene rings is 1. The summed E-state index contributed by atoms with van der Waals surface area (Å²) < 4.78 is 0. The number of rotatable bonds is 3. The summed E-state index contributed by atoms with van der Waals surface area (Å²) in [6.07, 6.45) is 6.12. The van der Waals surface area contributed by atoms with Crippen LogP contribution in [0.1, 0.15) is 10.4 Å². The third-order valence-corrected chi connectivity index (χ3v) is 3.74. The monoisotopic (exact) mass is 263 g/mol. The van der Waals surface area contributed by atoms with Gasteiger partial charge in [0.2, 0.25) is 0 Å². The van der Waals surface area contributed by atoms with Crippen molar-refractivity contribution in [3.63, 3.8) is 0 Å². The lowest BCUT2D eigenvalue weighted by Gasteiger charge is -1.98. The second-order valence-electron chi connectivity index (χ2n) is 4.16. The van der Waals surface area contributed by atoms with Gasteiger partial charge in [0, 0.05) is 16.6 Å². The Hall–Kier alpha value is -2.19. The maximum Gasteiger partial charge on any atom is 0.0716 e. The Morgan fingerprint density at radius 1 is 0.842 bits per heavy atom. The minimum Gasteiger partial charge on any atom is -0.256 e. The molecule has 3 rings (SSSR count). The van der Waals surface area contributed by atoms with Gasteiger partial charge in [0.25, 0.3) is 0 Å². The van der Waals surface area contributed by atoms with Crippen LogP contribution in [0, 0.1) is 0 Å². The molecule has 19 heavy (non-hydrogen) atoms. The van der Waals surface area contributed by atoms with Crippen LogP contribution >= 0.6 is 11.3 Å². The van der Waals surface area contributed by atoms with E-state index in [0.717, 1.165) is 5.69 Å². The predicted molar refractivity (Wildman–Crippen MR) is 82.9 cm³/mol. The predicted octanol–water partition coefficient (Wildman–Crippen LogP) is 4.98. The minimum absolute atomic E-state index is 1.02. The summed E-state index contributed by atoms with van der Waals surface area (Å²) >= 11 is 1.74. The minimum atomic E-state index is 1.02. The normalized spacial score (nSPS) is 10.9. The molecule has 2 heterocycles. The van der Waals surface area contributed by atoms with Crippen molar-refractivity contribution >= 4 is 23.5 Å². The van der Waals surface area contributed by atoms with E-state index in [1.165, 1.54) is 16.0 Å². The van der Waals surface area contributed by atoms with Crippen molar-refractivity contribution in [1.29, 1.82) is 0 Å². The first-order valence-corrected chi connectivity index (χ1v) is 7.03. The zero-order chi connectivity index (χ0) is 12.9. The van der Waals surface area contributed by atoms with E-state index in [9.17, 15) is 0 Å². The lowest BCUT2D eigenvalue weighted by atomic mass is 10.1. The largest absolute Gasteiger partial charge is 0.256 e. The Labute approximate surface area is 116 Å². The van der Waals surface area contributed by atoms with Crippen molar-refractivity contribution in [2.45, 2.75) is 0 Å². The summed E-state index contributed by atoms with van der Waals surface area (Å²) in [6.45, 7) is 0. The van der Waals surface area contributed by atoms with Crippen LogP contribution in [0.5, 0.6) is 0 Å². The van der Waals surface area contributed by atoms with Crippen LogP contribution in [0.15, 0.2) is 66.2 Å². The van der Waals surface area contributed by atoms with E-state index in [1.807, 2.05) is 42.6 Å². The number of pyridine rings is 1. The number of nitrogens with zero attached hydrogens (tertiary/aromatic N) is 1. The van der Waals surface area contributed by atoms with E-state index >= 15 is 0 Å². The highest BCUT2D eigenvalue weighted by Crippen LogP contribution is 2.28. The van der Waals surface area contributed by atoms with Crippen LogP contribution in [-0.4, -0.2) is 4.98 Å². The fourth-order valence-electron chi connectivity index (χ4n) is 1.92. The summed E-state index contributed by atoms with van der Waals surface area (Å²) in [5.74, 6) is 0. The fourth-order valence-corrected chi connectivity index (χ4v) is 2.72. The fraction of sp³-hybridized carbons (Fsp3) is 0. The van der Waals surface area contributed by atoms with Crippen molar-refractivity contribution in [1.82, 2.24) is 4.98 Å². The Morgan fingerprint density at radius 2 is 1.68 bits per heavy atom. The Kier molecular flexibility index (Phi) is 3.52. The van der Waals surface area contributed by atoms with E-state index in [-0.39, 0.29) is 0 Å². The molecule has 0 saturated carbocycles. The quantitative estimate of drug-likeness (QED) is 0.649. The smallest absolute Gasteiger partial charge is 0.0716 e. The number of thiophene rings is 1. The van der Waals surface area contributed by atoms with E-state index in [0.29, 0.717) is 0 Å². The van der Waals surface area contributed by atoms with Crippen molar-refractivity contribution in [3.8, 4) is 11.3 Å². The van der Waals surface area contributed by atoms with Crippen molar-refractivity contribution in [3.05, 3.63) is 76.6 Å². The molecule has 0 N–H and O–H groups in total. The molecule has 0 unspecified atom stereocenters. The van der Waals surface area contributed by atoms with Gasteiger partial charge in [0.05, 0.1) is 5.69 Å². The van der Waals surface area contributed by atoms with E-state index in [2.05, 4.69) is 40.7 Å². The highest BCUT2D eigenvalue weighted by molar-refractivity contribution is 7.11. The topological polar surface area (TPSA) is 12.9 Å². The maximum absolute atomic E-state index is 4.41. The third kappa shape index (κ3) is 2.80. The lowest BCUT2D eigenvalue weighted by molar-refractivity contribution is 1.33. The molecule has 3 aromatic rings. The Balaban J connectivity index is 1.91. The average molecular weight is 263 g/mol. The van der Waals surface area contributed by atoms with Gasteiger partial charge in [-0.3, -0.25) is 4.98 Å². The van der Waals surface area contributed by atoms with Gasteiger partial charge >= 0.3 is 0 Å². The van der Waals surface area contributed by atoms with Crippen LogP contribution in [0.2, 0.25) is 0 Å². The molecule has 0 aliphatic heterocycles. The van der Waals surface area contributed by atoms with Gasteiger partial charge in [-0.25, -0.2) is 0 Å². The first-order valence-electron chi connectivity index (χ1n) is 6.15. The number of aromatic nitrogens is 1. The summed E-state index contributed by atoms with van der Waals surface area (Å²) in [6, 6.07) is 18.5. The summed E-state index contributed by atoms with van der Waals surface area (Å²) in [4.78, 5) is 5.65. The third-order valence-electron chi connectivity index (χ3n) is 2.86. The number of hydrogen-bond acceptors (Lipinski definition) is 2. The molecule has 0 aliphatic carbocycles. The highest BCUT2D eigenvalue weighted by Gasteiger charge is 2.04. The number of hydrogen-bond donors (Lipinski definition) is 0. The molecule has 0 radical (unpaired) electrons. The molecule has 0 bridgehead atoms. The van der Waals surface area contributed by atoms with Gasteiger partial charge in [-0.1, -0.05) is 42.5 Å². The lowest BCUT2D eigenvalue weighted by Crippen LogP contribution is -1.80. The van der Waals surface area contributed by atoms with E-state index in [1.54, 1.807) is 11.3 Å². The summed E-state index contributed by atoms with van der Waals surface area (Å²) in [7, 11) is 0. The molecule has 1 aromatic carbocycles. The van der Waals surface area contributed by atoms with Crippen molar-refractivity contribution in [2.24, 2.45) is 0 Å². The second-order valence-corrected chi connectivity index (χ2v) is 5.11. The molecule has 0 spiro atoms. The molecule has 0 fully saturated rings. The van der Waals surface area contributed by atoms with Gasteiger partial charge in [-0.15, -0.1) is 11.3 Å².